The molecule has 1 saturated heterocycles. The summed E-state index contributed by atoms with van der Waals surface area (Å²) in [6, 6.07) is 3.13. The number of carbonyl (C=O) groups excluding carboxylic acids is 2. The van der Waals surface area contributed by atoms with Crippen LogP contribution >= 0.6 is 0 Å². The minimum atomic E-state index is -3.74. The monoisotopic (exact) mass is 475 g/mol. The van der Waals surface area contributed by atoms with E-state index in [1.54, 1.807) is 19.9 Å². The summed E-state index contributed by atoms with van der Waals surface area (Å²) in [7, 11) is -3.74. The number of hydrogen-bond acceptors (Lipinski definition) is 5. The molecule has 2 amide bonds. The Kier molecular flexibility index (Phi) is 7.09. The fourth-order valence-electron chi connectivity index (χ4n) is 4.74. The van der Waals surface area contributed by atoms with Crippen molar-refractivity contribution in [3.8, 4) is 5.75 Å². The van der Waals surface area contributed by atoms with Crippen molar-refractivity contribution < 1.29 is 22.7 Å². The van der Waals surface area contributed by atoms with Crippen molar-refractivity contribution in [2.75, 3.05) is 25.0 Å². The Morgan fingerprint density at radius 1 is 1.24 bits per heavy atom. The van der Waals surface area contributed by atoms with Crippen molar-refractivity contribution >= 4 is 27.5 Å². The van der Waals surface area contributed by atoms with E-state index in [0.29, 0.717) is 49.5 Å². The first-order chi connectivity index (χ1) is 15.8. The van der Waals surface area contributed by atoms with Gasteiger partial charge in [0.2, 0.25) is 15.9 Å². The number of amides is 2. The molecule has 9 heteroatoms. The van der Waals surface area contributed by atoms with Crippen molar-refractivity contribution in [1.82, 2.24) is 9.62 Å². The fraction of sp³-hybridized carbons (Fsp3) is 0.583. The number of ether oxygens (including phenoxy) is 1. The molecule has 2 heterocycles. The van der Waals surface area contributed by atoms with E-state index in [1.165, 1.54) is 28.8 Å². The molecule has 1 fully saturated rings. The van der Waals surface area contributed by atoms with Crippen LogP contribution in [-0.4, -0.2) is 50.3 Å². The van der Waals surface area contributed by atoms with Gasteiger partial charge < -0.3 is 15.4 Å². The van der Waals surface area contributed by atoms with Gasteiger partial charge in [-0.2, -0.15) is 4.31 Å². The van der Waals surface area contributed by atoms with Gasteiger partial charge in [-0.3, -0.25) is 9.59 Å². The van der Waals surface area contributed by atoms with E-state index in [0.717, 1.165) is 19.3 Å². The van der Waals surface area contributed by atoms with Crippen molar-refractivity contribution in [3.05, 3.63) is 29.3 Å². The van der Waals surface area contributed by atoms with Crippen molar-refractivity contribution in [3.63, 3.8) is 0 Å². The molecule has 0 bridgehead atoms. The number of carbonyl (C=O) groups is 2. The highest BCUT2D eigenvalue weighted by Gasteiger charge is 2.34. The highest BCUT2D eigenvalue weighted by molar-refractivity contribution is 7.89. The Bertz CT molecular complexity index is 1060. The number of nitrogens with one attached hydrogen (secondary N) is 2. The van der Waals surface area contributed by atoms with Gasteiger partial charge in [0, 0.05) is 31.6 Å². The summed E-state index contributed by atoms with van der Waals surface area (Å²) in [5.41, 5.74) is 2.46. The van der Waals surface area contributed by atoms with Gasteiger partial charge in [-0.15, -0.1) is 0 Å². The molecule has 1 aromatic rings. The molecule has 0 radical (unpaired) electrons. The summed E-state index contributed by atoms with van der Waals surface area (Å²) in [5.74, 6) is -0.0469. The zero-order chi connectivity index (χ0) is 23.6. The van der Waals surface area contributed by atoms with Crippen LogP contribution in [0.25, 0.3) is 0 Å². The van der Waals surface area contributed by atoms with E-state index < -0.39 is 16.1 Å². The minimum absolute atomic E-state index is 0.0200. The molecule has 2 N–H and O–H groups in total. The predicted molar refractivity (Wildman–Crippen MR) is 126 cm³/mol. The third kappa shape index (κ3) is 5.24. The summed E-state index contributed by atoms with van der Waals surface area (Å²) in [6.45, 7) is 4.58. The van der Waals surface area contributed by atoms with Crippen LogP contribution in [0.2, 0.25) is 0 Å². The Balaban J connectivity index is 1.35. The first-order valence-electron chi connectivity index (χ1n) is 11.8. The lowest BCUT2D eigenvalue weighted by molar-refractivity contribution is -0.126. The second-order valence-electron chi connectivity index (χ2n) is 9.19. The van der Waals surface area contributed by atoms with Gasteiger partial charge in [0.1, 0.15) is 5.75 Å². The van der Waals surface area contributed by atoms with Crippen LogP contribution in [0.3, 0.4) is 0 Å². The molecule has 4 rings (SSSR count). The van der Waals surface area contributed by atoms with Gasteiger partial charge in [0.15, 0.2) is 6.10 Å². The quantitative estimate of drug-likeness (QED) is 0.615. The third-order valence-electron chi connectivity index (χ3n) is 6.78. The number of piperidine rings is 1. The van der Waals surface area contributed by atoms with Crippen molar-refractivity contribution in [1.29, 1.82) is 0 Å². The lowest BCUT2D eigenvalue weighted by Gasteiger charge is -2.31. The second-order valence-corrected chi connectivity index (χ2v) is 11.1. The topological polar surface area (TPSA) is 105 Å². The first kappa shape index (κ1) is 23.8. The number of nitrogens with zero attached hydrogens (tertiary/aromatic N) is 1. The molecule has 3 aliphatic rings. The molecule has 0 saturated carbocycles. The highest BCUT2D eigenvalue weighted by atomic mass is 32.2. The smallest absolute Gasteiger partial charge is 0.265 e. The minimum Gasteiger partial charge on any atom is -0.479 e. The van der Waals surface area contributed by atoms with Gasteiger partial charge >= 0.3 is 0 Å². The molecular formula is C24H33N3O5S. The Labute approximate surface area is 195 Å². The molecule has 8 nitrogen and oxygen atoms in total. The van der Waals surface area contributed by atoms with E-state index >= 15 is 0 Å². The average Bonchev–Trinajstić information content (AvgIpc) is 2.80. The normalized spacial score (nSPS) is 22.1. The van der Waals surface area contributed by atoms with Gasteiger partial charge in [0.25, 0.3) is 5.91 Å². The Morgan fingerprint density at radius 3 is 2.70 bits per heavy atom. The number of aryl methyl sites for hydroxylation is 1. The zero-order valence-electron chi connectivity index (χ0n) is 19.4. The molecular weight excluding hydrogens is 442 g/mol. The van der Waals surface area contributed by atoms with Crippen LogP contribution in [-0.2, 0) is 19.6 Å². The Hall–Kier alpha value is -2.39. The van der Waals surface area contributed by atoms with E-state index in [1.807, 2.05) is 0 Å². The van der Waals surface area contributed by atoms with Crippen molar-refractivity contribution in [2.24, 2.45) is 5.92 Å². The van der Waals surface area contributed by atoms with Gasteiger partial charge in [0.05, 0.1) is 10.6 Å². The number of hydrogen-bond donors (Lipinski definition) is 2. The molecule has 0 spiro atoms. The SMILES string of the molecule is Cc1cc2c(cc1S(=O)(=O)N1CCC(C(=O)NCCC3=CCCCC3)CC1)OC(C)C(=O)N2. The van der Waals surface area contributed by atoms with E-state index in [4.69, 9.17) is 4.74 Å². The largest absolute Gasteiger partial charge is 0.479 e. The molecule has 33 heavy (non-hydrogen) atoms. The third-order valence-corrected chi connectivity index (χ3v) is 8.82. The summed E-state index contributed by atoms with van der Waals surface area (Å²) < 4.78 is 33.7. The van der Waals surface area contributed by atoms with Crippen molar-refractivity contribution in [2.45, 2.75) is 69.8 Å². The van der Waals surface area contributed by atoms with Gasteiger partial charge in [-0.25, -0.2) is 8.42 Å². The van der Waals surface area contributed by atoms with Gasteiger partial charge in [-0.1, -0.05) is 11.6 Å². The molecule has 1 aliphatic carbocycles. The van der Waals surface area contributed by atoms with Crippen LogP contribution < -0.4 is 15.4 Å². The van der Waals surface area contributed by atoms with Crippen LogP contribution in [0, 0.1) is 12.8 Å². The summed E-state index contributed by atoms with van der Waals surface area (Å²) in [4.78, 5) is 24.6. The van der Waals surface area contributed by atoms with E-state index in [-0.39, 0.29) is 22.6 Å². The number of allylic oxidation sites excluding steroid dienone is 1. The number of benzene rings is 1. The summed E-state index contributed by atoms with van der Waals surface area (Å²) in [6.07, 6.45) is 8.27. The van der Waals surface area contributed by atoms with Gasteiger partial charge in [-0.05, 0) is 70.4 Å². The fourth-order valence-corrected chi connectivity index (χ4v) is 6.43. The highest BCUT2D eigenvalue weighted by Crippen LogP contribution is 2.36. The molecule has 1 aromatic carbocycles. The van der Waals surface area contributed by atoms with Crippen LogP contribution in [0.4, 0.5) is 5.69 Å². The zero-order valence-corrected chi connectivity index (χ0v) is 20.2. The average molecular weight is 476 g/mol. The number of sulfonamides is 1. The summed E-state index contributed by atoms with van der Waals surface area (Å²) in [5, 5.41) is 5.78. The second kappa shape index (κ2) is 9.85. The summed E-state index contributed by atoms with van der Waals surface area (Å²) >= 11 is 0. The maximum absolute atomic E-state index is 13.3. The number of anilines is 1. The molecule has 2 aliphatic heterocycles. The molecule has 1 atom stereocenters. The van der Waals surface area contributed by atoms with Crippen LogP contribution in [0.5, 0.6) is 5.75 Å². The Morgan fingerprint density at radius 2 is 2.00 bits per heavy atom. The number of fused-ring (bicyclic) bond motifs is 1. The van der Waals surface area contributed by atoms with E-state index in [9.17, 15) is 18.0 Å². The lowest BCUT2D eigenvalue weighted by atomic mass is 9.96. The predicted octanol–water partition coefficient (Wildman–Crippen LogP) is 3.12. The molecule has 1 unspecified atom stereocenters. The van der Waals surface area contributed by atoms with E-state index in [2.05, 4.69) is 16.7 Å². The standard InChI is InChI=1S/C24H33N3O5S/c1-16-14-20-21(32-17(2)23(28)26-20)15-22(16)33(30,31)27-12-9-19(10-13-27)24(29)25-11-8-18-6-4-3-5-7-18/h6,14-15,17,19H,3-5,7-13H2,1-2H3,(H,25,29)(H,26,28). The van der Waals surface area contributed by atoms with Crippen LogP contribution in [0.15, 0.2) is 28.7 Å². The molecule has 180 valence electrons. The number of rotatable bonds is 6. The first-order valence-corrected chi connectivity index (χ1v) is 13.3. The lowest BCUT2D eigenvalue weighted by Crippen LogP contribution is -2.43. The molecule has 0 aromatic heterocycles. The maximum Gasteiger partial charge on any atom is 0.265 e. The van der Waals surface area contributed by atoms with Crippen LogP contribution in [0.1, 0.15) is 57.4 Å². The maximum atomic E-state index is 13.3.